The quantitative estimate of drug-likeness (QED) is 0.840. The van der Waals surface area contributed by atoms with Gasteiger partial charge in [-0.1, -0.05) is 6.07 Å². The molecular weight excluding hydrogens is 207 g/mol. The maximum absolute atomic E-state index is 13.2. The van der Waals surface area contributed by atoms with Crippen LogP contribution in [0.2, 0.25) is 0 Å². The summed E-state index contributed by atoms with van der Waals surface area (Å²) in [6.07, 6.45) is 1.51. The SMILES string of the molecule is NCc1cc(F)cc(CN2CCCC2=O)c1. The molecule has 0 spiro atoms. The van der Waals surface area contributed by atoms with Gasteiger partial charge in [0.1, 0.15) is 5.82 Å². The van der Waals surface area contributed by atoms with Crippen molar-refractivity contribution >= 4 is 5.91 Å². The molecule has 1 fully saturated rings. The molecule has 1 amide bonds. The number of carbonyl (C=O) groups excluding carboxylic acids is 1. The zero-order valence-corrected chi connectivity index (χ0v) is 9.08. The maximum atomic E-state index is 13.2. The van der Waals surface area contributed by atoms with Gasteiger partial charge in [0.05, 0.1) is 0 Å². The topological polar surface area (TPSA) is 46.3 Å². The Morgan fingerprint density at radius 3 is 2.69 bits per heavy atom. The summed E-state index contributed by atoms with van der Waals surface area (Å²) in [5.41, 5.74) is 7.06. The minimum absolute atomic E-state index is 0.151. The van der Waals surface area contributed by atoms with E-state index in [-0.39, 0.29) is 11.7 Å². The van der Waals surface area contributed by atoms with Gasteiger partial charge >= 0.3 is 0 Å². The molecule has 4 heteroatoms. The van der Waals surface area contributed by atoms with E-state index in [9.17, 15) is 9.18 Å². The smallest absolute Gasteiger partial charge is 0.222 e. The third-order valence-corrected chi connectivity index (χ3v) is 2.80. The second kappa shape index (κ2) is 4.61. The molecule has 1 aliphatic heterocycles. The second-order valence-corrected chi connectivity index (χ2v) is 4.09. The number of halogens is 1. The summed E-state index contributed by atoms with van der Waals surface area (Å²) < 4.78 is 13.2. The van der Waals surface area contributed by atoms with E-state index in [2.05, 4.69) is 0 Å². The fraction of sp³-hybridized carbons (Fsp3) is 0.417. The van der Waals surface area contributed by atoms with Crippen molar-refractivity contribution in [2.75, 3.05) is 6.54 Å². The van der Waals surface area contributed by atoms with E-state index in [0.29, 0.717) is 19.5 Å². The Hall–Kier alpha value is -1.42. The Bertz CT molecular complexity index is 406. The molecule has 3 nitrogen and oxygen atoms in total. The predicted molar refractivity (Wildman–Crippen MR) is 58.9 cm³/mol. The lowest BCUT2D eigenvalue weighted by Gasteiger charge is -2.16. The van der Waals surface area contributed by atoms with Crippen LogP contribution < -0.4 is 5.73 Å². The minimum atomic E-state index is -0.287. The number of hydrogen-bond donors (Lipinski definition) is 1. The Morgan fingerprint density at radius 1 is 1.31 bits per heavy atom. The van der Waals surface area contributed by atoms with Crippen molar-refractivity contribution in [2.45, 2.75) is 25.9 Å². The summed E-state index contributed by atoms with van der Waals surface area (Å²) in [7, 11) is 0. The molecule has 0 radical (unpaired) electrons. The van der Waals surface area contributed by atoms with E-state index in [1.165, 1.54) is 12.1 Å². The summed E-state index contributed by atoms with van der Waals surface area (Å²) in [6, 6.07) is 4.74. The number of carbonyl (C=O) groups is 1. The van der Waals surface area contributed by atoms with Crippen LogP contribution in [0.5, 0.6) is 0 Å². The van der Waals surface area contributed by atoms with Crippen LogP contribution >= 0.6 is 0 Å². The first-order valence-corrected chi connectivity index (χ1v) is 5.45. The lowest BCUT2D eigenvalue weighted by Crippen LogP contribution is -2.24. The monoisotopic (exact) mass is 222 g/mol. The molecule has 0 aliphatic carbocycles. The highest BCUT2D eigenvalue weighted by molar-refractivity contribution is 5.78. The Kier molecular flexibility index (Phi) is 3.19. The molecule has 2 N–H and O–H groups in total. The molecule has 1 aromatic rings. The van der Waals surface area contributed by atoms with Gasteiger partial charge in [-0.2, -0.15) is 0 Å². The molecule has 0 unspecified atom stereocenters. The molecule has 0 atom stereocenters. The second-order valence-electron chi connectivity index (χ2n) is 4.09. The van der Waals surface area contributed by atoms with Gasteiger partial charge in [0.25, 0.3) is 0 Å². The normalized spacial score (nSPS) is 15.9. The summed E-state index contributed by atoms with van der Waals surface area (Å²) in [6.45, 7) is 1.58. The highest BCUT2D eigenvalue weighted by Crippen LogP contribution is 2.16. The highest BCUT2D eigenvalue weighted by atomic mass is 19.1. The van der Waals surface area contributed by atoms with E-state index in [0.717, 1.165) is 24.1 Å². The molecule has 1 aliphatic rings. The molecule has 1 aromatic carbocycles. The van der Waals surface area contributed by atoms with Gasteiger partial charge in [-0.25, -0.2) is 4.39 Å². The molecule has 1 saturated heterocycles. The van der Waals surface area contributed by atoms with Gasteiger partial charge in [0.15, 0.2) is 0 Å². The van der Waals surface area contributed by atoms with Crippen molar-refractivity contribution in [3.63, 3.8) is 0 Å². The van der Waals surface area contributed by atoms with Crippen molar-refractivity contribution in [1.82, 2.24) is 4.90 Å². The van der Waals surface area contributed by atoms with Crippen LogP contribution in [-0.2, 0) is 17.9 Å². The van der Waals surface area contributed by atoms with Crippen LogP contribution in [0, 0.1) is 5.82 Å². The Balaban J connectivity index is 2.14. The van der Waals surface area contributed by atoms with Gasteiger partial charge in [-0.3, -0.25) is 4.79 Å². The van der Waals surface area contributed by atoms with E-state index in [4.69, 9.17) is 5.73 Å². The summed E-state index contributed by atoms with van der Waals surface area (Å²) in [4.78, 5) is 13.2. The van der Waals surface area contributed by atoms with Crippen molar-refractivity contribution in [2.24, 2.45) is 5.73 Å². The third kappa shape index (κ3) is 2.39. The van der Waals surface area contributed by atoms with Gasteiger partial charge in [-0.05, 0) is 29.7 Å². The van der Waals surface area contributed by atoms with Crippen LogP contribution in [0.4, 0.5) is 4.39 Å². The van der Waals surface area contributed by atoms with Crippen LogP contribution in [0.15, 0.2) is 18.2 Å². The lowest BCUT2D eigenvalue weighted by molar-refractivity contribution is -0.128. The van der Waals surface area contributed by atoms with Crippen molar-refractivity contribution in [3.05, 3.63) is 35.1 Å². The molecule has 86 valence electrons. The zero-order valence-electron chi connectivity index (χ0n) is 9.08. The number of amides is 1. The van der Waals surface area contributed by atoms with Crippen molar-refractivity contribution < 1.29 is 9.18 Å². The highest BCUT2D eigenvalue weighted by Gasteiger charge is 2.20. The Labute approximate surface area is 94.0 Å². The van der Waals surface area contributed by atoms with E-state index >= 15 is 0 Å². The molecule has 16 heavy (non-hydrogen) atoms. The third-order valence-electron chi connectivity index (χ3n) is 2.80. The maximum Gasteiger partial charge on any atom is 0.222 e. The van der Waals surface area contributed by atoms with Gasteiger partial charge in [0, 0.05) is 26.1 Å². The van der Waals surface area contributed by atoms with Crippen LogP contribution in [-0.4, -0.2) is 17.4 Å². The average Bonchev–Trinajstić information content (AvgIpc) is 2.63. The molecule has 0 bridgehead atoms. The minimum Gasteiger partial charge on any atom is -0.338 e. The molecular formula is C12H15FN2O. The van der Waals surface area contributed by atoms with E-state index < -0.39 is 0 Å². The van der Waals surface area contributed by atoms with Gasteiger partial charge in [-0.15, -0.1) is 0 Å². The first-order valence-electron chi connectivity index (χ1n) is 5.45. The van der Waals surface area contributed by atoms with E-state index in [1.54, 1.807) is 4.90 Å². The lowest BCUT2D eigenvalue weighted by atomic mass is 10.1. The average molecular weight is 222 g/mol. The largest absolute Gasteiger partial charge is 0.338 e. The number of benzene rings is 1. The predicted octanol–water partition coefficient (Wildman–Crippen LogP) is 1.41. The number of hydrogen-bond acceptors (Lipinski definition) is 2. The summed E-state index contributed by atoms with van der Waals surface area (Å²) in [5.74, 6) is -0.136. The first-order chi connectivity index (χ1) is 7.69. The number of nitrogens with two attached hydrogens (primary N) is 1. The standard InChI is InChI=1S/C12H15FN2O/c13-11-5-9(7-14)4-10(6-11)8-15-3-1-2-12(15)16/h4-6H,1-3,7-8,14H2. The van der Waals surface area contributed by atoms with Crippen LogP contribution in [0.3, 0.4) is 0 Å². The first kappa shape index (κ1) is 11.1. The molecule has 2 rings (SSSR count). The zero-order chi connectivity index (χ0) is 11.5. The fourth-order valence-corrected chi connectivity index (χ4v) is 2.02. The summed E-state index contributed by atoms with van der Waals surface area (Å²) >= 11 is 0. The van der Waals surface area contributed by atoms with Crippen LogP contribution in [0.25, 0.3) is 0 Å². The summed E-state index contributed by atoms with van der Waals surface area (Å²) in [5, 5.41) is 0. The van der Waals surface area contributed by atoms with Crippen LogP contribution in [0.1, 0.15) is 24.0 Å². The molecule has 0 aromatic heterocycles. The molecule has 1 heterocycles. The number of rotatable bonds is 3. The van der Waals surface area contributed by atoms with Crippen molar-refractivity contribution in [3.8, 4) is 0 Å². The van der Waals surface area contributed by atoms with Gasteiger partial charge < -0.3 is 10.6 Å². The fourth-order valence-electron chi connectivity index (χ4n) is 2.02. The number of nitrogens with zero attached hydrogens (tertiary/aromatic N) is 1. The van der Waals surface area contributed by atoms with Gasteiger partial charge in [0.2, 0.25) is 5.91 Å². The number of likely N-dealkylation sites (tertiary alicyclic amines) is 1. The van der Waals surface area contributed by atoms with E-state index in [1.807, 2.05) is 6.07 Å². The Morgan fingerprint density at radius 2 is 2.06 bits per heavy atom. The van der Waals surface area contributed by atoms with Crippen molar-refractivity contribution in [1.29, 1.82) is 0 Å². The molecule has 0 saturated carbocycles.